The second-order valence-corrected chi connectivity index (χ2v) is 4.63. The Morgan fingerprint density at radius 3 is 2.80 bits per heavy atom. The number of ether oxygens (including phenoxy) is 1. The lowest BCUT2D eigenvalue weighted by molar-refractivity contribution is -0.117. The number of carbonyl (C=O) groups is 2. The molecule has 0 aliphatic carbocycles. The summed E-state index contributed by atoms with van der Waals surface area (Å²) in [6, 6.07) is 9.02. The predicted molar refractivity (Wildman–Crippen MR) is 74.8 cm³/mol. The molecule has 0 saturated carbocycles. The third kappa shape index (κ3) is 3.39. The highest BCUT2D eigenvalue weighted by Crippen LogP contribution is 2.19. The molecule has 1 heterocycles. The van der Waals surface area contributed by atoms with Gasteiger partial charge in [-0.2, -0.15) is 0 Å². The lowest BCUT2D eigenvalue weighted by Gasteiger charge is -2.21. The maximum absolute atomic E-state index is 12.0. The summed E-state index contributed by atoms with van der Waals surface area (Å²) in [6.45, 7) is 2.39. The summed E-state index contributed by atoms with van der Waals surface area (Å²) in [5.41, 5.74) is 0.927. The summed E-state index contributed by atoms with van der Waals surface area (Å²) in [5.74, 6) is 4.88. The number of ketones is 1. The smallest absolute Gasteiger partial charge is 0.410 e. The van der Waals surface area contributed by atoms with Crippen molar-refractivity contribution in [2.75, 3.05) is 6.54 Å². The number of hydrogen-bond donors (Lipinski definition) is 0. The third-order valence-electron chi connectivity index (χ3n) is 3.24. The number of hydrogen-bond acceptors (Lipinski definition) is 3. The van der Waals surface area contributed by atoms with Crippen LogP contribution in [0.25, 0.3) is 0 Å². The van der Waals surface area contributed by atoms with Crippen LogP contribution >= 0.6 is 0 Å². The molecule has 1 fully saturated rings. The second-order valence-electron chi connectivity index (χ2n) is 4.63. The fourth-order valence-electron chi connectivity index (χ4n) is 2.27. The Morgan fingerprint density at radius 1 is 1.35 bits per heavy atom. The maximum atomic E-state index is 12.0. The molecule has 1 amide bonds. The quantitative estimate of drug-likeness (QED) is 0.626. The number of Topliss-reactive ketones (excluding diaryl/α,β-unsaturated/α-hetero) is 1. The number of amides is 1. The fraction of sp³-hybridized carbons (Fsp3) is 0.375. The molecular formula is C16H17NO3. The molecule has 0 aromatic heterocycles. The van der Waals surface area contributed by atoms with Gasteiger partial charge in [-0.3, -0.25) is 9.69 Å². The van der Waals surface area contributed by atoms with Gasteiger partial charge in [-0.15, -0.1) is 0 Å². The number of benzene rings is 1. The van der Waals surface area contributed by atoms with Crippen molar-refractivity contribution in [2.45, 2.75) is 32.4 Å². The van der Waals surface area contributed by atoms with Crippen LogP contribution < -0.4 is 0 Å². The topological polar surface area (TPSA) is 46.6 Å². The van der Waals surface area contributed by atoms with E-state index in [4.69, 9.17) is 4.74 Å². The highest BCUT2D eigenvalue weighted by atomic mass is 16.6. The van der Waals surface area contributed by atoms with Crippen molar-refractivity contribution < 1.29 is 14.3 Å². The van der Waals surface area contributed by atoms with E-state index in [0.717, 1.165) is 12.0 Å². The van der Waals surface area contributed by atoms with Gasteiger partial charge in [0.15, 0.2) is 0 Å². The normalized spacial score (nSPS) is 17.2. The maximum Gasteiger partial charge on any atom is 0.410 e. The lowest BCUT2D eigenvalue weighted by Crippen LogP contribution is -2.40. The van der Waals surface area contributed by atoms with Crippen LogP contribution in [0, 0.1) is 11.8 Å². The molecule has 1 saturated heterocycles. The molecule has 0 bridgehead atoms. The molecule has 4 heteroatoms. The molecule has 0 radical (unpaired) electrons. The van der Waals surface area contributed by atoms with E-state index in [1.165, 1.54) is 4.90 Å². The Balaban J connectivity index is 1.94. The molecule has 1 aliphatic rings. The summed E-state index contributed by atoms with van der Waals surface area (Å²) >= 11 is 0. The van der Waals surface area contributed by atoms with Crippen molar-refractivity contribution in [3.05, 3.63) is 35.9 Å². The average molecular weight is 271 g/mol. The summed E-state index contributed by atoms with van der Waals surface area (Å²) < 4.78 is 5.26. The summed E-state index contributed by atoms with van der Waals surface area (Å²) in [4.78, 5) is 25.3. The number of nitrogens with zero attached hydrogens (tertiary/aromatic N) is 1. The Hall–Kier alpha value is -2.28. The van der Waals surface area contributed by atoms with E-state index >= 15 is 0 Å². The van der Waals surface area contributed by atoms with Crippen molar-refractivity contribution >= 4 is 11.9 Å². The lowest BCUT2D eigenvalue weighted by atomic mass is 10.1. The van der Waals surface area contributed by atoms with Crippen LogP contribution in [0.5, 0.6) is 0 Å². The van der Waals surface area contributed by atoms with Gasteiger partial charge in [0.2, 0.25) is 5.78 Å². The molecule has 20 heavy (non-hydrogen) atoms. The molecule has 104 valence electrons. The van der Waals surface area contributed by atoms with E-state index in [9.17, 15) is 9.59 Å². The zero-order chi connectivity index (χ0) is 14.4. The Kier molecular flexibility index (Phi) is 4.78. The second kappa shape index (κ2) is 6.76. The van der Waals surface area contributed by atoms with E-state index in [0.29, 0.717) is 13.0 Å². The van der Waals surface area contributed by atoms with E-state index in [1.807, 2.05) is 30.3 Å². The Labute approximate surface area is 118 Å². The van der Waals surface area contributed by atoms with Gasteiger partial charge in [-0.05, 0) is 31.2 Å². The molecule has 1 aromatic carbocycles. The van der Waals surface area contributed by atoms with Crippen LogP contribution in [0.15, 0.2) is 30.3 Å². The Bertz CT molecular complexity index is 542. The minimum atomic E-state index is -0.453. The van der Waals surface area contributed by atoms with Crippen molar-refractivity contribution in [2.24, 2.45) is 0 Å². The van der Waals surface area contributed by atoms with Crippen molar-refractivity contribution in [1.82, 2.24) is 4.90 Å². The first kappa shape index (κ1) is 14.1. The van der Waals surface area contributed by atoms with Gasteiger partial charge >= 0.3 is 6.09 Å². The van der Waals surface area contributed by atoms with Crippen molar-refractivity contribution in [1.29, 1.82) is 0 Å². The number of likely N-dealkylation sites (tertiary alicyclic amines) is 1. The van der Waals surface area contributed by atoms with Crippen LogP contribution in [-0.4, -0.2) is 29.4 Å². The molecule has 4 nitrogen and oxygen atoms in total. The summed E-state index contributed by atoms with van der Waals surface area (Å²) in [5, 5.41) is 0. The van der Waals surface area contributed by atoms with Crippen LogP contribution in [-0.2, 0) is 16.1 Å². The van der Waals surface area contributed by atoms with Gasteiger partial charge in [0, 0.05) is 6.54 Å². The predicted octanol–water partition coefficient (Wildman–Crippen LogP) is 2.38. The van der Waals surface area contributed by atoms with Gasteiger partial charge in [0.05, 0.1) is 0 Å². The van der Waals surface area contributed by atoms with Gasteiger partial charge in [0.25, 0.3) is 0 Å². The largest absolute Gasteiger partial charge is 0.445 e. The summed E-state index contributed by atoms with van der Waals surface area (Å²) in [6.07, 6.45) is 1.03. The first-order valence-electron chi connectivity index (χ1n) is 6.66. The van der Waals surface area contributed by atoms with Crippen LogP contribution in [0.4, 0.5) is 4.79 Å². The first-order chi connectivity index (χ1) is 9.72. The van der Waals surface area contributed by atoms with Crippen LogP contribution in [0.2, 0.25) is 0 Å². The zero-order valence-corrected chi connectivity index (χ0v) is 11.5. The van der Waals surface area contributed by atoms with E-state index in [-0.39, 0.29) is 12.4 Å². The van der Waals surface area contributed by atoms with Crippen LogP contribution in [0.3, 0.4) is 0 Å². The molecule has 0 spiro atoms. The molecule has 1 aliphatic heterocycles. The standard InChI is InChI=1S/C16H17NO3/c1-2-7-15(18)14-10-6-11-17(14)16(19)20-12-13-8-4-3-5-9-13/h3-5,8-9,14H,6,10-12H2,1H3/t14-/m0/s1. The minimum Gasteiger partial charge on any atom is -0.445 e. The van der Waals surface area contributed by atoms with Gasteiger partial charge in [-0.25, -0.2) is 4.79 Å². The fourth-order valence-corrected chi connectivity index (χ4v) is 2.27. The highest BCUT2D eigenvalue weighted by Gasteiger charge is 2.34. The molecule has 0 N–H and O–H groups in total. The molecule has 0 unspecified atom stereocenters. The van der Waals surface area contributed by atoms with Crippen molar-refractivity contribution in [3.8, 4) is 11.8 Å². The van der Waals surface area contributed by atoms with E-state index in [1.54, 1.807) is 6.92 Å². The minimum absolute atomic E-state index is 0.207. The molecule has 1 aromatic rings. The molecule has 1 atom stereocenters. The summed E-state index contributed by atoms with van der Waals surface area (Å²) in [7, 11) is 0. The average Bonchev–Trinajstić information content (AvgIpc) is 2.96. The third-order valence-corrected chi connectivity index (χ3v) is 3.24. The van der Waals surface area contributed by atoms with Crippen LogP contribution in [0.1, 0.15) is 25.3 Å². The van der Waals surface area contributed by atoms with E-state index < -0.39 is 12.1 Å². The van der Waals surface area contributed by atoms with Gasteiger partial charge in [-0.1, -0.05) is 36.3 Å². The van der Waals surface area contributed by atoms with Gasteiger partial charge in [0.1, 0.15) is 12.6 Å². The molecule has 2 rings (SSSR count). The highest BCUT2D eigenvalue weighted by molar-refractivity contribution is 6.01. The van der Waals surface area contributed by atoms with E-state index in [2.05, 4.69) is 11.8 Å². The van der Waals surface area contributed by atoms with Crippen molar-refractivity contribution in [3.63, 3.8) is 0 Å². The monoisotopic (exact) mass is 271 g/mol. The Morgan fingerprint density at radius 2 is 2.10 bits per heavy atom. The SMILES string of the molecule is CC#CC(=O)[C@@H]1CCCN1C(=O)OCc1ccccc1. The van der Waals surface area contributed by atoms with Gasteiger partial charge < -0.3 is 4.74 Å². The zero-order valence-electron chi connectivity index (χ0n) is 11.5. The number of carbonyl (C=O) groups excluding carboxylic acids is 2. The first-order valence-corrected chi connectivity index (χ1v) is 6.66. The molecular weight excluding hydrogens is 254 g/mol. The number of rotatable bonds is 3.